The maximum atomic E-state index is 8.80. The van der Waals surface area contributed by atoms with Gasteiger partial charge in [-0.1, -0.05) is 0 Å². The molecule has 4 nitrogen and oxygen atoms in total. The van der Waals surface area contributed by atoms with Gasteiger partial charge in [-0.2, -0.15) is 10.4 Å². The van der Waals surface area contributed by atoms with E-state index in [1.165, 1.54) is 0 Å². The first-order valence-corrected chi connectivity index (χ1v) is 4.74. The molecule has 0 aromatic carbocycles. The van der Waals surface area contributed by atoms with Gasteiger partial charge in [0.25, 0.3) is 0 Å². The minimum atomic E-state index is -0.237. The highest BCUT2D eigenvalue weighted by Gasteiger charge is 2.15. The number of nitrogens with two attached hydrogens (primary N) is 1. The maximum Gasteiger partial charge on any atom is 0.145 e. The fraction of sp³-hybridized carbons (Fsp3) is 0.600. The summed E-state index contributed by atoms with van der Waals surface area (Å²) < 4.78 is 1.81. The molecule has 0 atom stereocenters. The second-order valence-electron chi connectivity index (χ2n) is 4.10. The molecule has 1 aromatic heterocycles. The Kier molecular flexibility index (Phi) is 3.13. The average molecular weight is 192 g/mol. The van der Waals surface area contributed by atoms with E-state index in [9.17, 15) is 0 Å². The number of nitriles is 1. The SMILES string of the molecule is CC(C)(C#N)CCCn1ccc(N)n1. The molecule has 0 radical (unpaired) electrons. The van der Waals surface area contributed by atoms with Gasteiger partial charge in [-0.25, -0.2) is 0 Å². The predicted octanol–water partition coefficient (Wildman–Crippen LogP) is 1.80. The van der Waals surface area contributed by atoms with Gasteiger partial charge in [-0.3, -0.25) is 4.68 Å². The van der Waals surface area contributed by atoms with Crippen molar-refractivity contribution in [3.63, 3.8) is 0 Å². The molecule has 0 spiro atoms. The molecule has 1 aromatic rings. The lowest BCUT2D eigenvalue weighted by atomic mass is 9.90. The molecule has 0 aliphatic heterocycles. The van der Waals surface area contributed by atoms with E-state index in [-0.39, 0.29) is 5.41 Å². The van der Waals surface area contributed by atoms with E-state index >= 15 is 0 Å². The highest BCUT2D eigenvalue weighted by atomic mass is 15.3. The number of rotatable bonds is 4. The molecule has 0 saturated heterocycles. The Hall–Kier alpha value is -1.50. The molecule has 1 heterocycles. The zero-order valence-corrected chi connectivity index (χ0v) is 8.70. The largest absolute Gasteiger partial charge is 0.382 e. The third-order valence-corrected chi connectivity index (χ3v) is 2.15. The van der Waals surface area contributed by atoms with Gasteiger partial charge in [0.15, 0.2) is 0 Å². The van der Waals surface area contributed by atoms with Crippen molar-refractivity contribution in [2.75, 3.05) is 5.73 Å². The van der Waals surface area contributed by atoms with Crippen molar-refractivity contribution < 1.29 is 0 Å². The van der Waals surface area contributed by atoms with Crippen LogP contribution in [0, 0.1) is 16.7 Å². The standard InChI is InChI=1S/C10H16N4/c1-10(2,8-11)5-3-6-14-7-4-9(12)13-14/h4,7H,3,5-6H2,1-2H3,(H2,12,13). The number of aryl methyl sites for hydroxylation is 1. The van der Waals surface area contributed by atoms with E-state index in [4.69, 9.17) is 11.0 Å². The number of aromatic nitrogens is 2. The summed E-state index contributed by atoms with van der Waals surface area (Å²) in [5.74, 6) is 0.546. The number of hydrogen-bond donors (Lipinski definition) is 1. The summed E-state index contributed by atoms with van der Waals surface area (Å²) in [6, 6.07) is 4.05. The highest BCUT2D eigenvalue weighted by Crippen LogP contribution is 2.20. The van der Waals surface area contributed by atoms with Gasteiger partial charge in [0.1, 0.15) is 5.82 Å². The first-order chi connectivity index (χ1) is 6.53. The number of nitrogens with zero attached hydrogens (tertiary/aromatic N) is 3. The number of anilines is 1. The molecular formula is C10H16N4. The fourth-order valence-electron chi connectivity index (χ4n) is 1.24. The molecule has 0 saturated carbocycles. The quantitative estimate of drug-likeness (QED) is 0.790. The minimum absolute atomic E-state index is 0.237. The average Bonchev–Trinajstić information content (AvgIpc) is 2.51. The third-order valence-electron chi connectivity index (χ3n) is 2.15. The van der Waals surface area contributed by atoms with Gasteiger partial charge in [0, 0.05) is 12.7 Å². The lowest BCUT2D eigenvalue weighted by Gasteiger charge is -2.14. The molecule has 0 aliphatic rings. The van der Waals surface area contributed by atoms with Crippen molar-refractivity contribution in [2.24, 2.45) is 5.41 Å². The summed E-state index contributed by atoms with van der Waals surface area (Å²) in [5.41, 5.74) is 5.24. The van der Waals surface area contributed by atoms with Crippen LogP contribution < -0.4 is 5.73 Å². The van der Waals surface area contributed by atoms with Crippen LogP contribution in [-0.2, 0) is 6.54 Å². The Morgan fingerprint density at radius 3 is 2.86 bits per heavy atom. The molecule has 0 bridgehead atoms. The van der Waals surface area contributed by atoms with Crippen molar-refractivity contribution >= 4 is 5.82 Å². The molecule has 0 aliphatic carbocycles. The first kappa shape index (κ1) is 10.6. The Balaban J connectivity index is 2.33. The Labute approximate surface area is 84.3 Å². The molecule has 4 heteroatoms. The van der Waals surface area contributed by atoms with Crippen LogP contribution in [0.25, 0.3) is 0 Å². The van der Waals surface area contributed by atoms with Gasteiger partial charge < -0.3 is 5.73 Å². The topological polar surface area (TPSA) is 67.6 Å². The van der Waals surface area contributed by atoms with E-state index in [0.29, 0.717) is 5.82 Å². The van der Waals surface area contributed by atoms with Gasteiger partial charge >= 0.3 is 0 Å². The molecule has 1 rings (SSSR count). The van der Waals surface area contributed by atoms with Crippen LogP contribution in [-0.4, -0.2) is 9.78 Å². The van der Waals surface area contributed by atoms with Crippen molar-refractivity contribution in [1.29, 1.82) is 5.26 Å². The lowest BCUT2D eigenvalue weighted by Crippen LogP contribution is -2.09. The van der Waals surface area contributed by atoms with Gasteiger partial charge in [0.2, 0.25) is 0 Å². The molecular weight excluding hydrogens is 176 g/mol. The molecule has 14 heavy (non-hydrogen) atoms. The van der Waals surface area contributed by atoms with Gasteiger partial charge in [0.05, 0.1) is 11.5 Å². The normalized spacial score (nSPS) is 11.2. The van der Waals surface area contributed by atoms with Crippen molar-refractivity contribution in [1.82, 2.24) is 9.78 Å². The van der Waals surface area contributed by atoms with Gasteiger partial charge in [-0.05, 0) is 32.8 Å². The lowest BCUT2D eigenvalue weighted by molar-refractivity contribution is 0.407. The first-order valence-electron chi connectivity index (χ1n) is 4.74. The van der Waals surface area contributed by atoms with Crippen LogP contribution in [0.5, 0.6) is 0 Å². The molecule has 0 amide bonds. The summed E-state index contributed by atoms with van der Waals surface area (Å²) in [5, 5.41) is 12.9. The van der Waals surface area contributed by atoms with Crippen LogP contribution in [0.15, 0.2) is 12.3 Å². The van der Waals surface area contributed by atoms with E-state index in [0.717, 1.165) is 19.4 Å². The zero-order chi connectivity index (χ0) is 10.6. The van der Waals surface area contributed by atoms with Crippen LogP contribution in [0.1, 0.15) is 26.7 Å². The van der Waals surface area contributed by atoms with E-state index < -0.39 is 0 Å². The summed E-state index contributed by atoms with van der Waals surface area (Å²) >= 11 is 0. The van der Waals surface area contributed by atoms with Crippen LogP contribution in [0.3, 0.4) is 0 Å². The Morgan fingerprint density at radius 2 is 2.36 bits per heavy atom. The monoisotopic (exact) mass is 192 g/mol. The second kappa shape index (κ2) is 4.14. The van der Waals surface area contributed by atoms with Crippen molar-refractivity contribution in [3.05, 3.63) is 12.3 Å². The van der Waals surface area contributed by atoms with E-state index in [1.54, 1.807) is 6.07 Å². The van der Waals surface area contributed by atoms with Crippen molar-refractivity contribution in [3.8, 4) is 6.07 Å². The second-order valence-corrected chi connectivity index (χ2v) is 4.10. The number of hydrogen-bond acceptors (Lipinski definition) is 3. The van der Waals surface area contributed by atoms with Crippen LogP contribution in [0.2, 0.25) is 0 Å². The number of nitrogen functional groups attached to an aromatic ring is 1. The van der Waals surface area contributed by atoms with Gasteiger partial charge in [-0.15, -0.1) is 0 Å². The summed E-state index contributed by atoms with van der Waals surface area (Å²) in [6.07, 6.45) is 3.68. The fourth-order valence-corrected chi connectivity index (χ4v) is 1.24. The summed E-state index contributed by atoms with van der Waals surface area (Å²) in [4.78, 5) is 0. The Bertz CT molecular complexity index is 332. The summed E-state index contributed by atoms with van der Waals surface area (Å²) in [7, 11) is 0. The molecule has 76 valence electrons. The molecule has 0 fully saturated rings. The van der Waals surface area contributed by atoms with Crippen LogP contribution in [0.4, 0.5) is 5.82 Å². The Morgan fingerprint density at radius 1 is 1.64 bits per heavy atom. The maximum absolute atomic E-state index is 8.80. The summed E-state index contributed by atoms with van der Waals surface area (Å²) in [6.45, 7) is 4.72. The highest BCUT2D eigenvalue weighted by molar-refractivity contribution is 5.23. The van der Waals surface area contributed by atoms with Crippen molar-refractivity contribution in [2.45, 2.75) is 33.2 Å². The van der Waals surface area contributed by atoms with Crippen LogP contribution >= 0.6 is 0 Å². The predicted molar refractivity (Wildman–Crippen MR) is 55.3 cm³/mol. The van der Waals surface area contributed by atoms with E-state index in [1.807, 2.05) is 24.7 Å². The smallest absolute Gasteiger partial charge is 0.145 e. The zero-order valence-electron chi connectivity index (χ0n) is 8.70. The molecule has 0 unspecified atom stereocenters. The molecule has 2 N–H and O–H groups in total. The van der Waals surface area contributed by atoms with E-state index in [2.05, 4.69) is 11.2 Å². The third kappa shape index (κ3) is 3.09. The minimum Gasteiger partial charge on any atom is -0.382 e.